The Kier molecular flexibility index (Phi) is 5.18. The first-order valence-electron chi connectivity index (χ1n) is 5.93. The van der Waals surface area contributed by atoms with Crippen molar-refractivity contribution in [2.45, 2.75) is 13.8 Å². The van der Waals surface area contributed by atoms with Gasteiger partial charge in [0.15, 0.2) is 0 Å². The van der Waals surface area contributed by atoms with Crippen LogP contribution in [0.15, 0.2) is 36.4 Å². The molecule has 2 aromatic carbocycles. The minimum absolute atomic E-state index is 0.461. The molecule has 0 unspecified atom stereocenters. The lowest BCUT2D eigenvalue weighted by Crippen LogP contribution is -2.19. The summed E-state index contributed by atoms with van der Waals surface area (Å²) in [5, 5.41) is 1.58. The molecule has 0 aliphatic carbocycles. The molecule has 19 heavy (non-hydrogen) atoms. The molecule has 2 aromatic rings. The highest BCUT2D eigenvalue weighted by molar-refractivity contribution is 6.20. The van der Waals surface area contributed by atoms with Crippen molar-refractivity contribution in [2.24, 2.45) is 0 Å². The molecule has 0 fully saturated rings. The van der Waals surface area contributed by atoms with Gasteiger partial charge in [-0.1, -0.05) is 38.1 Å². The number of esters is 2. The molecule has 0 saturated heterocycles. The van der Waals surface area contributed by atoms with Crippen LogP contribution in [0, 0.1) is 0 Å². The molecule has 1 heterocycles. The molecule has 0 amide bonds. The number of benzene rings is 2. The number of carbonyl (C=O) groups is 2. The van der Waals surface area contributed by atoms with Gasteiger partial charge in [-0.25, -0.2) is 9.59 Å². The van der Waals surface area contributed by atoms with Gasteiger partial charge in [-0.05, 0) is 17.5 Å². The SMILES string of the molecule is CC.CF.O=C1OC(=O)c2cccc3cccc1c23. The summed E-state index contributed by atoms with van der Waals surface area (Å²) in [6.45, 7) is 4.00. The fourth-order valence-corrected chi connectivity index (χ4v) is 1.88. The van der Waals surface area contributed by atoms with Crippen LogP contribution in [0.1, 0.15) is 34.6 Å². The van der Waals surface area contributed by atoms with Crippen molar-refractivity contribution < 1.29 is 18.7 Å². The van der Waals surface area contributed by atoms with E-state index in [-0.39, 0.29) is 0 Å². The Balaban J connectivity index is 0.000000415. The second-order valence-corrected chi connectivity index (χ2v) is 3.39. The first kappa shape index (κ1) is 14.8. The second kappa shape index (κ2) is 6.64. The zero-order valence-corrected chi connectivity index (χ0v) is 11.1. The molecule has 0 saturated carbocycles. The molecule has 3 rings (SSSR count). The summed E-state index contributed by atoms with van der Waals surface area (Å²) in [5.41, 5.74) is 0.922. The third kappa shape index (κ3) is 2.62. The third-order valence-corrected chi connectivity index (χ3v) is 2.53. The van der Waals surface area contributed by atoms with Crippen LogP contribution < -0.4 is 0 Å². The Morgan fingerprint density at radius 2 is 1.26 bits per heavy atom. The van der Waals surface area contributed by atoms with E-state index in [4.69, 9.17) is 0 Å². The fraction of sp³-hybridized carbons (Fsp3) is 0.200. The van der Waals surface area contributed by atoms with Gasteiger partial charge in [0.2, 0.25) is 0 Å². The Bertz CT molecular complexity index is 557. The summed E-state index contributed by atoms with van der Waals surface area (Å²) in [4.78, 5) is 22.9. The largest absolute Gasteiger partial charge is 0.386 e. The van der Waals surface area contributed by atoms with E-state index in [0.29, 0.717) is 23.7 Å². The summed E-state index contributed by atoms with van der Waals surface area (Å²) in [7, 11) is 0.500. The highest BCUT2D eigenvalue weighted by Crippen LogP contribution is 2.28. The van der Waals surface area contributed by atoms with Crippen molar-refractivity contribution in [3.05, 3.63) is 47.5 Å². The van der Waals surface area contributed by atoms with Gasteiger partial charge in [-0.15, -0.1) is 0 Å². The maximum Gasteiger partial charge on any atom is 0.346 e. The second-order valence-electron chi connectivity index (χ2n) is 3.39. The van der Waals surface area contributed by atoms with Gasteiger partial charge >= 0.3 is 11.9 Å². The zero-order valence-electron chi connectivity index (χ0n) is 11.1. The lowest BCUT2D eigenvalue weighted by atomic mass is 9.97. The van der Waals surface area contributed by atoms with Gasteiger partial charge in [0.25, 0.3) is 0 Å². The van der Waals surface area contributed by atoms with Crippen molar-refractivity contribution in [1.82, 2.24) is 0 Å². The molecule has 100 valence electrons. The summed E-state index contributed by atoms with van der Waals surface area (Å²) < 4.78 is 14.1. The first-order valence-corrected chi connectivity index (χ1v) is 5.93. The van der Waals surface area contributed by atoms with Crippen LogP contribution in [-0.4, -0.2) is 19.1 Å². The minimum Gasteiger partial charge on any atom is -0.386 e. The van der Waals surface area contributed by atoms with Crippen LogP contribution in [0.5, 0.6) is 0 Å². The standard InChI is InChI=1S/C12H6O3.C2H6.CH3F/c13-11-8-5-1-3-7-4-2-6-9(10(7)8)12(14)15-11;2*1-2/h1-6H;1-2H3;1H3. The molecule has 0 bridgehead atoms. The van der Waals surface area contributed by atoms with Crippen LogP contribution in [0.25, 0.3) is 10.8 Å². The topological polar surface area (TPSA) is 43.4 Å². The Hall–Kier alpha value is -2.23. The molecule has 0 spiro atoms. The Morgan fingerprint density at radius 1 is 0.842 bits per heavy atom. The summed E-state index contributed by atoms with van der Waals surface area (Å²) in [5.74, 6) is -1.13. The lowest BCUT2D eigenvalue weighted by Gasteiger charge is -2.14. The highest BCUT2D eigenvalue weighted by atomic mass is 19.1. The minimum atomic E-state index is -0.565. The number of halogens is 1. The number of ether oxygens (including phenoxy) is 1. The number of rotatable bonds is 0. The Morgan fingerprint density at radius 3 is 1.68 bits per heavy atom. The summed E-state index contributed by atoms with van der Waals surface area (Å²) >= 11 is 0. The van der Waals surface area contributed by atoms with Crippen molar-refractivity contribution in [1.29, 1.82) is 0 Å². The number of hydrogen-bond acceptors (Lipinski definition) is 3. The van der Waals surface area contributed by atoms with Crippen molar-refractivity contribution in [3.63, 3.8) is 0 Å². The van der Waals surface area contributed by atoms with E-state index in [9.17, 15) is 14.0 Å². The smallest absolute Gasteiger partial charge is 0.346 e. The van der Waals surface area contributed by atoms with Crippen molar-refractivity contribution >= 4 is 22.7 Å². The van der Waals surface area contributed by atoms with Crippen molar-refractivity contribution in [3.8, 4) is 0 Å². The monoisotopic (exact) mass is 262 g/mol. The first-order chi connectivity index (χ1) is 9.27. The van der Waals surface area contributed by atoms with Crippen LogP contribution in [-0.2, 0) is 4.74 Å². The molecule has 4 heteroatoms. The average Bonchev–Trinajstić information content (AvgIpc) is 2.49. The predicted molar refractivity (Wildman–Crippen MR) is 72.1 cm³/mol. The molecule has 0 atom stereocenters. The van der Waals surface area contributed by atoms with Crippen LogP contribution in [0.4, 0.5) is 4.39 Å². The fourth-order valence-electron chi connectivity index (χ4n) is 1.88. The van der Waals surface area contributed by atoms with Gasteiger partial charge in [0.05, 0.1) is 18.3 Å². The molecule has 3 nitrogen and oxygen atoms in total. The highest BCUT2D eigenvalue weighted by Gasteiger charge is 2.26. The van der Waals surface area contributed by atoms with Gasteiger partial charge in [0.1, 0.15) is 0 Å². The normalized spacial score (nSPS) is 11.8. The average molecular weight is 262 g/mol. The maximum atomic E-state index is 11.4. The maximum absolute atomic E-state index is 11.4. The number of carbonyl (C=O) groups excluding carboxylic acids is 2. The van der Waals surface area contributed by atoms with E-state index in [1.165, 1.54) is 0 Å². The zero-order chi connectivity index (χ0) is 14.4. The third-order valence-electron chi connectivity index (χ3n) is 2.53. The molecular weight excluding hydrogens is 247 g/mol. The molecule has 0 radical (unpaired) electrons. The summed E-state index contributed by atoms with van der Waals surface area (Å²) in [6, 6.07) is 10.6. The van der Waals surface area contributed by atoms with E-state index >= 15 is 0 Å². The molecule has 0 aromatic heterocycles. The predicted octanol–water partition coefficient (Wildman–Crippen LogP) is 3.76. The quantitative estimate of drug-likeness (QED) is 0.536. The number of hydrogen-bond donors (Lipinski definition) is 0. The molecule has 1 aliphatic rings. The summed E-state index contributed by atoms with van der Waals surface area (Å²) in [6.07, 6.45) is 0. The lowest BCUT2D eigenvalue weighted by molar-refractivity contribution is 0.0391. The number of alkyl halides is 1. The van der Waals surface area contributed by atoms with Crippen LogP contribution in [0.3, 0.4) is 0 Å². The number of cyclic esters (lactones) is 2. The van der Waals surface area contributed by atoms with E-state index in [1.807, 2.05) is 26.0 Å². The molecular formula is C15H15FO3. The molecule has 0 N–H and O–H groups in total. The van der Waals surface area contributed by atoms with E-state index in [0.717, 1.165) is 5.39 Å². The van der Waals surface area contributed by atoms with Gasteiger partial charge < -0.3 is 4.74 Å². The van der Waals surface area contributed by atoms with Gasteiger partial charge in [-0.2, -0.15) is 0 Å². The Labute approximate surface area is 111 Å². The van der Waals surface area contributed by atoms with E-state index < -0.39 is 11.9 Å². The van der Waals surface area contributed by atoms with Gasteiger partial charge in [0, 0.05) is 5.39 Å². The molecule has 1 aliphatic heterocycles. The van der Waals surface area contributed by atoms with Crippen LogP contribution >= 0.6 is 0 Å². The van der Waals surface area contributed by atoms with Gasteiger partial charge in [-0.3, -0.25) is 4.39 Å². The van der Waals surface area contributed by atoms with Crippen molar-refractivity contribution in [2.75, 3.05) is 7.18 Å². The van der Waals surface area contributed by atoms with E-state index in [1.54, 1.807) is 24.3 Å². The van der Waals surface area contributed by atoms with Crippen LogP contribution in [0.2, 0.25) is 0 Å². The van der Waals surface area contributed by atoms with E-state index in [2.05, 4.69) is 4.74 Å².